The van der Waals surface area contributed by atoms with Crippen LogP contribution in [0.1, 0.15) is 0 Å². The minimum absolute atomic E-state index is 0.361. The molecule has 106 valence electrons. The summed E-state index contributed by atoms with van der Waals surface area (Å²) < 4.78 is 20.9. The van der Waals surface area contributed by atoms with Crippen LogP contribution in [0.15, 0.2) is 56.0 Å². The van der Waals surface area contributed by atoms with Crippen molar-refractivity contribution >= 4 is 16.7 Å². The molecule has 0 bridgehead atoms. The largest absolute Gasteiger partial charge is 0.466 e. The zero-order chi connectivity index (χ0) is 14.5. The lowest BCUT2D eigenvalue weighted by Gasteiger charge is -2.10. The van der Waals surface area contributed by atoms with E-state index in [1.807, 2.05) is 0 Å². The molecule has 3 rings (SSSR count). The Morgan fingerprint density at radius 3 is 2.10 bits per heavy atom. The van der Waals surface area contributed by atoms with E-state index in [9.17, 15) is 0 Å². The van der Waals surface area contributed by atoms with Gasteiger partial charge >= 0.3 is 0 Å². The first-order chi connectivity index (χ1) is 10.3. The molecule has 2 N–H and O–H groups in total. The number of nitrogens with zero attached hydrogens (tertiary/aromatic N) is 2. The van der Waals surface area contributed by atoms with Crippen LogP contribution in [0.25, 0.3) is 10.9 Å². The van der Waals surface area contributed by atoms with Gasteiger partial charge in [0.1, 0.15) is 49.7 Å². The molecule has 0 aliphatic carbocycles. The molecule has 0 amide bonds. The Bertz CT molecular complexity index is 740. The second-order valence-electron chi connectivity index (χ2n) is 3.90. The number of hydrogen-bond donors (Lipinski definition) is 1. The van der Waals surface area contributed by atoms with E-state index in [-0.39, 0.29) is 0 Å². The molecule has 1 aromatic carbocycles. The summed E-state index contributed by atoms with van der Waals surface area (Å²) in [4.78, 5) is 8.09. The summed E-state index contributed by atoms with van der Waals surface area (Å²) in [5.41, 5.74) is 6.47. The zero-order valence-electron chi connectivity index (χ0n) is 10.8. The van der Waals surface area contributed by atoms with E-state index in [0.717, 1.165) is 0 Å². The van der Waals surface area contributed by atoms with Gasteiger partial charge in [0.25, 0.3) is 0 Å². The van der Waals surface area contributed by atoms with Crippen molar-refractivity contribution in [3.63, 3.8) is 0 Å². The molecule has 0 saturated carbocycles. The van der Waals surface area contributed by atoms with E-state index in [2.05, 4.69) is 9.97 Å². The maximum atomic E-state index is 5.83. The molecule has 2 aromatic rings. The molecule has 7 heteroatoms. The smallest absolute Gasteiger partial charge is 0.171 e. The van der Waals surface area contributed by atoms with Crippen LogP contribution in [0.5, 0.6) is 11.5 Å². The van der Waals surface area contributed by atoms with Crippen LogP contribution in [0.2, 0.25) is 0 Å². The quantitative estimate of drug-likeness (QED) is 0.795. The average molecular weight is 285 g/mol. The number of aromatic nitrogens is 2. The van der Waals surface area contributed by atoms with Crippen molar-refractivity contribution in [2.75, 3.05) is 5.73 Å². The molecule has 0 spiro atoms. The van der Waals surface area contributed by atoms with E-state index in [0.29, 0.717) is 28.2 Å². The van der Waals surface area contributed by atoms with Gasteiger partial charge in [-0.25, -0.2) is 9.97 Å². The zero-order valence-corrected chi connectivity index (χ0v) is 10.8. The standard InChI is InChI=1S/C14H11N3O4/c15-14-10-7-12-13(8-11(10)16-9-17-14)21-6-4-19-2-1-18-3-5-20-12/h1-9H,(H2,15,16,17). The summed E-state index contributed by atoms with van der Waals surface area (Å²) in [6.07, 6.45) is 9.52. The van der Waals surface area contributed by atoms with E-state index in [1.165, 1.54) is 43.9 Å². The molecular formula is C14H11N3O4. The van der Waals surface area contributed by atoms with Crippen LogP contribution in [-0.2, 0) is 9.47 Å². The Hall–Kier alpha value is -3.22. The topological polar surface area (TPSA) is 88.7 Å². The molecule has 1 aliphatic rings. The molecule has 0 saturated heterocycles. The molecule has 21 heavy (non-hydrogen) atoms. The van der Waals surface area contributed by atoms with Crippen molar-refractivity contribution < 1.29 is 18.9 Å². The van der Waals surface area contributed by atoms with E-state index in [1.54, 1.807) is 12.1 Å². The third-order valence-corrected chi connectivity index (χ3v) is 2.60. The molecule has 7 nitrogen and oxygen atoms in total. The summed E-state index contributed by atoms with van der Waals surface area (Å²) in [6, 6.07) is 3.39. The van der Waals surface area contributed by atoms with Gasteiger partial charge in [0.05, 0.1) is 5.52 Å². The van der Waals surface area contributed by atoms with Crippen molar-refractivity contribution in [1.29, 1.82) is 0 Å². The normalized spacial score (nSPS) is 13.9. The Morgan fingerprint density at radius 1 is 0.762 bits per heavy atom. The minimum Gasteiger partial charge on any atom is -0.466 e. The van der Waals surface area contributed by atoms with Crippen LogP contribution in [0.3, 0.4) is 0 Å². The molecule has 0 radical (unpaired) electrons. The highest BCUT2D eigenvalue weighted by molar-refractivity contribution is 5.90. The second kappa shape index (κ2) is 5.83. The maximum Gasteiger partial charge on any atom is 0.171 e. The Kier molecular flexibility index (Phi) is 3.55. The van der Waals surface area contributed by atoms with Crippen molar-refractivity contribution in [3.05, 3.63) is 56.0 Å². The average Bonchev–Trinajstić information content (AvgIpc) is 2.48. The van der Waals surface area contributed by atoms with Gasteiger partial charge in [-0.15, -0.1) is 0 Å². The van der Waals surface area contributed by atoms with Crippen molar-refractivity contribution in [2.24, 2.45) is 0 Å². The molecule has 0 atom stereocenters. The van der Waals surface area contributed by atoms with Crippen molar-refractivity contribution in [3.8, 4) is 11.5 Å². The number of ether oxygens (including phenoxy) is 4. The van der Waals surface area contributed by atoms with Crippen LogP contribution < -0.4 is 15.2 Å². The molecule has 2 heterocycles. The van der Waals surface area contributed by atoms with Crippen molar-refractivity contribution in [2.45, 2.75) is 0 Å². The number of nitrogen functional groups attached to an aromatic ring is 1. The fourth-order valence-corrected chi connectivity index (χ4v) is 1.69. The number of anilines is 1. The van der Waals surface area contributed by atoms with E-state index < -0.39 is 0 Å². The summed E-state index contributed by atoms with van der Waals surface area (Å²) in [7, 11) is 0. The fraction of sp³-hybridized carbons (Fsp3) is 0. The van der Waals surface area contributed by atoms with Crippen LogP contribution in [0.4, 0.5) is 5.82 Å². The number of hydrogen-bond acceptors (Lipinski definition) is 7. The molecular weight excluding hydrogens is 274 g/mol. The van der Waals surface area contributed by atoms with Gasteiger partial charge in [-0.2, -0.15) is 0 Å². The van der Waals surface area contributed by atoms with Gasteiger partial charge in [0.15, 0.2) is 11.5 Å². The van der Waals surface area contributed by atoms with E-state index in [4.69, 9.17) is 24.7 Å². The lowest BCUT2D eigenvalue weighted by molar-refractivity contribution is 0.316. The first-order valence-electron chi connectivity index (χ1n) is 5.98. The summed E-state index contributed by atoms with van der Waals surface area (Å²) >= 11 is 0. The third-order valence-electron chi connectivity index (χ3n) is 2.60. The Balaban J connectivity index is 2.06. The number of nitrogens with two attached hydrogens (primary N) is 1. The van der Waals surface area contributed by atoms with Crippen LogP contribution >= 0.6 is 0 Å². The predicted molar refractivity (Wildman–Crippen MR) is 74.8 cm³/mol. The maximum absolute atomic E-state index is 5.83. The summed E-state index contributed by atoms with van der Waals surface area (Å²) in [5.74, 6) is 1.26. The molecule has 0 fully saturated rings. The van der Waals surface area contributed by atoms with Gasteiger partial charge in [-0.1, -0.05) is 0 Å². The van der Waals surface area contributed by atoms with Gasteiger partial charge in [-0.05, 0) is 6.07 Å². The number of rotatable bonds is 0. The first kappa shape index (κ1) is 12.8. The highest BCUT2D eigenvalue weighted by Crippen LogP contribution is 2.33. The summed E-state index contributed by atoms with van der Waals surface area (Å²) in [6.45, 7) is 0. The number of fused-ring (bicyclic) bond motifs is 2. The van der Waals surface area contributed by atoms with Gasteiger partial charge in [0, 0.05) is 11.5 Å². The monoisotopic (exact) mass is 285 g/mol. The summed E-state index contributed by atoms with van der Waals surface area (Å²) in [5, 5.41) is 0.668. The first-order valence-corrected chi connectivity index (χ1v) is 5.98. The van der Waals surface area contributed by atoms with Gasteiger partial charge in [-0.3, -0.25) is 0 Å². The van der Waals surface area contributed by atoms with Gasteiger partial charge in [0.2, 0.25) is 0 Å². The Morgan fingerprint density at radius 2 is 1.38 bits per heavy atom. The van der Waals surface area contributed by atoms with Crippen LogP contribution in [0, 0.1) is 0 Å². The van der Waals surface area contributed by atoms with E-state index >= 15 is 0 Å². The number of benzene rings is 1. The SMILES string of the molecule is Nc1ncnc2cc3c(cc12)OC=COC=COC=CO3. The lowest BCUT2D eigenvalue weighted by Crippen LogP contribution is -1.96. The molecule has 0 unspecified atom stereocenters. The highest BCUT2D eigenvalue weighted by Gasteiger charge is 2.10. The van der Waals surface area contributed by atoms with Gasteiger partial charge < -0.3 is 24.7 Å². The highest BCUT2D eigenvalue weighted by atomic mass is 16.5. The lowest BCUT2D eigenvalue weighted by atomic mass is 10.2. The predicted octanol–water partition coefficient (Wildman–Crippen LogP) is 2.43. The minimum atomic E-state index is 0.361. The van der Waals surface area contributed by atoms with Crippen LogP contribution in [-0.4, -0.2) is 9.97 Å². The Labute approximate surface area is 119 Å². The second-order valence-corrected chi connectivity index (χ2v) is 3.90. The third kappa shape index (κ3) is 2.86. The molecule has 1 aliphatic heterocycles. The van der Waals surface area contributed by atoms with Crippen molar-refractivity contribution in [1.82, 2.24) is 9.97 Å². The fourth-order valence-electron chi connectivity index (χ4n) is 1.69. The molecule has 1 aromatic heterocycles.